The van der Waals surface area contributed by atoms with E-state index in [2.05, 4.69) is 15.8 Å². The zero-order valence-electron chi connectivity index (χ0n) is 15.6. The fourth-order valence-electron chi connectivity index (χ4n) is 3.00. The number of aromatic hydroxyl groups is 1. The lowest BCUT2D eigenvalue weighted by atomic mass is 10.0. The molecule has 0 spiro atoms. The Kier molecular flexibility index (Phi) is 5.09. The van der Waals surface area contributed by atoms with E-state index in [0.29, 0.717) is 27.7 Å². The van der Waals surface area contributed by atoms with Crippen molar-refractivity contribution in [2.75, 3.05) is 0 Å². The molecule has 1 heterocycles. The van der Waals surface area contributed by atoms with Crippen LogP contribution in [0.15, 0.2) is 78.9 Å². The zero-order chi connectivity index (χ0) is 21.1. The Balaban J connectivity index is 1.63. The number of halogens is 1. The van der Waals surface area contributed by atoms with Gasteiger partial charge in [-0.05, 0) is 60.7 Å². The number of rotatable bonds is 3. The second kappa shape index (κ2) is 8.00. The molecule has 3 N–H and O–H groups in total. The number of phenolic OH excluding ortho intramolecular Hbond substituents is 1. The van der Waals surface area contributed by atoms with Crippen molar-refractivity contribution in [2.24, 2.45) is 0 Å². The van der Waals surface area contributed by atoms with E-state index in [-0.39, 0.29) is 17.1 Å². The second-order valence-corrected chi connectivity index (χ2v) is 6.53. The fraction of sp³-hybridized carbons (Fsp3) is 0. The van der Waals surface area contributed by atoms with E-state index < -0.39 is 11.8 Å². The summed E-state index contributed by atoms with van der Waals surface area (Å²) in [6.45, 7) is 0. The topological polar surface area (TPSA) is 91.3 Å². The number of aromatic nitrogens is 1. The molecule has 30 heavy (non-hydrogen) atoms. The van der Waals surface area contributed by atoms with Crippen molar-refractivity contribution in [1.29, 1.82) is 0 Å². The summed E-state index contributed by atoms with van der Waals surface area (Å²) >= 11 is 0. The third-order valence-electron chi connectivity index (χ3n) is 4.52. The van der Waals surface area contributed by atoms with Crippen LogP contribution in [-0.4, -0.2) is 21.9 Å². The van der Waals surface area contributed by atoms with Gasteiger partial charge in [0.25, 0.3) is 11.8 Å². The van der Waals surface area contributed by atoms with Gasteiger partial charge in [-0.2, -0.15) is 0 Å². The first kappa shape index (κ1) is 19.1. The number of carbonyl (C=O) groups excluding carboxylic acids is 2. The molecule has 0 bridgehead atoms. The molecule has 4 aromatic rings. The highest BCUT2D eigenvalue weighted by Gasteiger charge is 2.15. The number of nitrogens with one attached hydrogen (secondary N) is 2. The minimum Gasteiger partial charge on any atom is -0.508 e. The van der Waals surface area contributed by atoms with Gasteiger partial charge in [0.2, 0.25) is 0 Å². The van der Waals surface area contributed by atoms with Gasteiger partial charge in [0, 0.05) is 16.5 Å². The molecule has 7 heteroatoms. The van der Waals surface area contributed by atoms with Crippen LogP contribution in [0.2, 0.25) is 0 Å². The van der Waals surface area contributed by atoms with Crippen molar-refractivity contribution in [3.05, 3.63) is 95.8 Å². The standard InChI is InChI=1S/C23H16FN3O3/c24-16-9-5-14(6-10-16)21-13-19(18-3-1-2-4-20(18)25-21)23(30)27-26-22(29)15-7-11-17(28)12-8-15/h1-13,28H,(H,26,29)(H,27,30). The molecule has 4 rings (SSSR count). The lowest BCUT2D eigenvalue weighted by Gasteiger charge is -2.11. The van der Waals surface area contributed by atoms with Gasteiger partial charge in [-0.3, -0.25) is 20.4 Å². The molecule has 0 atom stereocenters. The summed E-state index contributed by atoms with van der Waals surface area (Å²) in [5.41, 5.74) is 7.10. The smallest absolute Gasteiger partial charge is 0.270 e. The van der Waals surface area contributed by atoms with Crippen LogP contribution in [0.25, 0.3) is 22.2 Å². The average Bonchev–Trinajstić information content (AvgIpc) is 2.77. The van der Waals surface area contributed by atoms with Gasteiger partial charge in [0.1, 0.15) is 11.6 Å². The Morgan fingerprint density at radius 1 is 0.833 bits per heavy atom. The minimum absolute atomic E-state index is 0.0344. The van der Waals surface area contributed by atoms with Gasteiger partial charge in [-0.25, -0.2) is 9.37 Å². The average molecular weight is 401 g/mol. The van der Waals surface area contributed by atoms with Gasteiger partial charge < -0.3 is 5.11 Å². The number of pyridine rings is 1. The first-order chi connectivity index (χ1) is 14.5. The Morgan fingerprint density at radius 3 is 2.23 bits per heavy atom. The number of fused-ring (bicyclic) bond motifs is 1. The molecule has 0 aliphatic rings. The Hall–Kier alpha value is -4.26. The third-order valence-corrected chi connectivity index (χ3v) is 4.52. The first-order valence-corrected chi connectivity index (χ1v) is 9.07. The van der Waals surface area contributed by atoms with Crippen LogP contribution in [0.3, 0.4) is 0 Å². The van der Waals surface area contributed by atoms with Gasteiger partial charge >= 0.3 is 0 Å². The van der Waals surface area contributed by atoms with Crippen molar-refractivity contribution >= 4 is 22.7 Å². The van der Waals surface area contributed by atoms with Crippen LogP contribution >= 0.6 is 0 Å². The number of para-hydroxylation sites is 1. The van der Waals surface area contributed by atoms with Crippen molar-refractivity contribution in [3.63, 3.8) is 0 Å². The van der Waals surface area contributed by atoms with E-state index in [1.807, 2.05) is 0 Å². The first-order valence-electron chi connectivity index (χ1n) is 9.07. The van der Waals surface area contributed by atoms with Crippen LogP contribution in [-0.2, 0) is 0 Å². The summed E-state index contributed by atoms with van der Waals surface area (Å²) in [6.07, 6.45) is 0. The predicted octanol–water partition coefficient (Wildman–Crippen LogP) is 3.82. The van der Waals surface area contributed by atoms with Crippen molar-refractivity contribution in [3.8, 4) is 17.0 Å². The molecule has 0 aliphatic heterocycles. The maximum atomic E-state index is 13.3. The maximum Gasteiger partial charge on any atom is 0.270 e. The number of hydrazine groups is 1. The van der Waals surface area contributed by atoms with E-state index in [4.69, 9.17) is 0 Å². The number of carbonyl (C=O) groups is 2. The molecular formula is C23H16FN3O3. The van der Waals surface area contributed by atoms with Crippen molar-refractivity contribution < 1.29 is 19.1 Å². The largest absolute Gasteiger partial charge is 0.508 e. The summed E-state index contributed by atoms with van der Waals surface area (Å²) < 4.78 is 13.3. The van der Waals surface area contributed by atoms with E-state index in [9.17, 15) is 19.1 Å². The molecule has 0 fully saturated rings. The summed E-state index contributed by atoms with van der Waals surface area (Å²) in [7, 11) is 0. The monoisotopic (exact) mass is 401 g/mol. The molecule has 0 saturated heterocycles. The molecular weight excluding hydrogens is 385 g/mol. The number of nitrogens with zero attached hydrogens (tertiary/aromatic N) is 1. The van der Waals surface area contributed by atoms with E-state index in [1.165, 1.54) is 36.4 Å². The van der Waals surface area contributed by atoms with Gasteiger partial charge in [-0.1, -0.05) is 18.2 Å². The zero-order valence-corrected chi connectivity index (χ0v) is 15.6. The fourth-order valence-corrected chi connectivity index (χ4v) is 3.00. The Bertz CT molecular complexity index is 1240. The summed E-state index contributed by atoms with van der Waals surface area (Å²) in [6, 6.07) is 20.2. The molecule has 0 aliphatic carbocycles. The van der Waals surface area contributed by atoms with Crippen molar-refractivity contribution in [1.82, 2.24) is 15.8 Å². The van der Waals surface area contributed by atoms with Crippen LogP contribution in [0, 0.1) is 5.82 Å². The third kappa shape index (κ3) is 3.95. The van der Waals surface area contributed by atoms with Gasteiger partial charge in [0.15, 0.2) is 0 Å². The highest BCUT2D eigenvalue weighted by Crippen LogP contribution is 2.25. The van der Waals surface area contributed by atoms with Gasteiger partial charge in [0.05, 0.1) is 16.8 Å². The Morgan fingerprint density at radius 2 is 1.50 bits per heavy atom. The quantitative estimate of drug-likeness (QED) is 0.455. The number of hydrogen-bond acceptors (Lipinski definition) is 4. The van der Waals surface area contributed by atoms with Crippen LogP contribution < -0.4 is 10.9 Å². The minimum atomic E-state index is -0.527. The summed E-state index contributed by atoms with van der Waals surface area (Å²) in [4.78, 5) is 29.6. The molecule has 1 aromatic heterocycles. The molecule has 0 unspecified atom stereocenters. The molecule has 2 amide bonds. The summed E-state index contributed by atoms with van der Waals surface area (Å²) in [5.74, 6) is -1.38. The number of hydrogen-bond donors (Lipinski definition) is 3. The number of amides is 2. The number of phenols is 1. The SMILES string of the molecule is O=C(NNC(=O)c1cc(-c2ccc(F)cc2)nc2ccccc12)c1ccc(O)cc1. The van der Waals surface area contributed by atoms with E-state index in [0.717, 1.165) is 0 Å². The maximum absolute atomic E-state index is 13.3. The van der Waals surface area contributed by atoms with Crippen molar-refractivity contribution in [2.45, 2.75) is 0 Å². The van der Waals surface area contributed by atoms with E-state index in [1.54, 1.807) is 42.5 Å². The lowest BCUT2D eigenvalue weighted by molar-refractivity contribution is 0.0847. The van der Waals surface area contributed by atoms with E-state index >= 15 is 0 Å². The number of benzene rings is 3. The van der Waals surface area contributed by atoms with Gasteiger partial charge in [-0.15, -0.1) is 0 Å². The molecule has 3 aromatic carbocycles. The molecule has 0 saturated carbocycles. The molecule has 6 nitrogen and oxygen atoms in total. The highest BCUT2D eigenvalue weighted by atomic mass is 19.1. The second-order valence-electron chi connectivity index (χ2n) is 6.53. The highest BCUT2D eigenvalue weighted by molar-refractivity contribution is 6.08. The van der Waals surface area contributed by atoms with Crippen LogP contribution in [0.4, 0.5) is 4.39 Å². The predicted molar refractivity (Wildman–Crippen MR) is 110 cm³/mol. The van der Waals surface area contributed by atoms with Crippen LogP contribution in [0.1, 0.15) is 20.7 Å². The molecule has 148 valence electrons. The Labute approximate surface area is 171 Å². The lowest BCUT2D eigenvalue weighted by Crippen LogP contribution is -2.41. The normalized spacial score (nSPS) is 10.6. The summed E-state index contributed by atoms with van der Waals surface area (Å²) in [5, 5.41) is 9.92. The molecule has 0 radical (unpaired) electrons. The van der Waals surface area contributed by atoms with Crippen LogP contribution in [0.5, 0.6) is 5.75 Å².